The number of aromatic amines is 1. The van der Waals surface area contributed by atoms with Crippen molar-refractivity contribution >= 4 is 39.0 Å². The van der Waals surface area contributed by atoms with Crippen LogP contribution in [0.1, 0.15) is 0 Å². The van der Waals surface area contributed by atoms with Crippen LogP contribution in [-0.2, 0) is 0 Å². The van der Waals surface area contributed by atoms with E-state index in [1.807, 2.05) is 36.5 Å². The highest BCUT2D eigenvalue weighted by atomic mass is 16.5. The third-order valence-corrected chi connectivity index (χ3v) is 4.81. The molecule has 1 aliphatic heterocycles. The average Bonchev–Trinajstić information content (AvgIpc) is 3.23. The van der Waals surface area contributed by atoms with Crippen molar-refractivity contribution in [2.45, 2.75) is 0 Å². The number of fused-ring (bicyclic) bond motifs is 4. The zero-order chi connectivity index (χ0) is 19.1. The number of nitrogens with one attached hydrogen (secondary N) is 3. The summed E-state index contributed by atoms with van der Waals surface area (Å²) in [7, 11) is 3.23. The quantitative estimate of drug-likeness (QED) is 0.499. The molecule has 0 bridgehead atoms. The standard InChI is InChI=1S/C20H19N5O3/c1-26-17-8-12-13-10-22-25-19(13)20(24-14(12)9-18(17)27-2)23-11-3-4-16-15(7-11)21-5-6-28-16/h3-4,7-10,21H,5-6H2,1-2H3,(H,22,25)(H,23,24). The van der Waals surface area contributed by atoms with Crippen molar-refractivity contribution in [3.05, 3.63) is 36.5 Å². The summed E-state index contributed by atoms with van der Waals surface area (Å²) in [6.45, 7) is 1.46. The molecule has 142 valence electrons. The van der Waals surface area contributed by atoms with E-state index in [4.69, 9.17) is 19.2 Å². The fourth-order valence-electron chi connectivity index (χ4n) is 3.47. The smallest absolute Gasteiger partial charge is 0.162 e. The Morgan fingerprint density at radius 1 is 1.07 bits per heavy atom. The zero-order valence-corrected chi connectivity index (χ0v) is 15.5. The van der Waals surface area contributed by atoms with Crippen molar-refractivity contribution in [1.29, 1.82) is 0 Å². The number of nitrogens with zero attached hydrogens (tertiary/aromatic N) is 2. The lowest BCUT2D eigenvalue weighted by molar-refractivity contribution is 0.323. The Hall–Kier alpha value is -3.68. The molecule has 28 heavy (non-hydrogen) atoms. The van der Waals surface area contributed by atoms with Gasteiger partial charge in [-0.25, -0.2) is 4.98 Å². The molecule has 2 aromatic heterocycles. The lowest BCUT2D eigenvalue weighted by atomic mass is 10.1. The summed E-state index contributed by atoms with van der Waals surface area (Å²) < 4.78 is 16.5. The molecular weight excluding hydrogens is 358 g/mol. The monoisotopic (exact) mass is 377 g/mol. The molecule has 0 radical (unpaired) electrons. The highest BCUT2D eigenvalue weighted by Gasteiger charge is 2.16. The second-order valence-corrected chi connectivity index (χ2v) is 6.44. The lowest BCUT2D eigenvalue weighted by Crippen LogP contribution is -2.17. The van der Waals surface area contributed by atoms with Crippen LogP contribution in [0.5, 0.6) is 17.2 Å². The summed E-state index contributed by atoms with van der Waals surface area (Å²) in [6, 6.07) is 9.70. The molecule has 0 fully saturated rings. The van der Waals surface area contributed by atoms with Crippen LogP contribution in [0.3, 0.4) is 0 Å². The Kier molecular flexibility index (Phi) is 3.82. The Morgan fingerprint density at radius 3 is 2.79 bits per heavy atom. The van der Waals surface area contributed by atoms with Crippen molar-refractivity contribution in [3.8, 4) is 17.2 Å². The Bertz CT molecular complexity index is 1190. The van der Waals surface area contributed by atoms with Crippen molar-refractivity contribution in [1.82, 2.24) is 15.2 Å². The first kappa shape index (κ1) is 16.5. The van der Waals surface area contributed by atoms with Crippen molar-refractivity contribution in [3.63, 3.8) is 0 Å². The number of rotatable bonds is 4. The number of methoxy groups -OCH3 is 2. The summed E-state index contributed by atoms with van der Waals surface area (Å²) in [5.74, 6) is 2.80. The van der Waals surface area contributed by atoms with Crippen LogP contribution >= 0.6 is 0 Å². The van der Waals surface area contributed by atoms with Crippen LogP contribution in [0.15, 0.2) is 36.5 Å². The molecular formula is C20H19N5O3. The largest absolute Gasteiger partial charge is 0.493 e. The second kappa shape index (κ2) is 6.49. The number of aromatic nitrogens is 3. The molecule has 0 aliphatic carbocycles. The number of anilines is 3. The highest BCUT2D eigenvalue weighted by molar-refractivity contribution is 6.09. The van der Waals surface area contributed by atoms with Crippen LogP contribution in [-0.4, -0.2) is 42.6 Å². The number of pyridine rings is 1. The number of benzene rings is 2. The summed E-state index contributed by atoms with van der Waals surface area (Å²) in [6.07, 6.45) is 1.86. The van der Waals surface area contributed by atoms with Gasteiger partial charge in [0.25, 0.3) is 0 Å². The SMILES string of the molecule is COc1cc2nc(Nc3ccc4c(c3)NCCO4)c3n[nH]cc3c2cc1OC. The molecule has 0 saturated heterocycles. The van der Waals surface area contributed by atoms with Gasteiger partial charge in [-0.05, 0) is 24.3 Å². The van der Waals surface area contributed by atoms with Gasteiger partial charge in [0.15, 0.2) is 17.3 Å². The molecule has 8 heteroatoms. The summed E-state index contributed by atoms with van der Waals surface area (Å²) >= 11 is 0. The maximum Gasteiger partial charge on any atom is 0.162 e. The summed E-state index contributed by atoms with van der Waals surface area (Å²) in [4.78, 5) is 4.79. The van der Waals surface area contributed by atoms with E-state index >= 15 is 0 Å². The molecule has 0 spiro atoms. The molecule has 4 aromatic rings. The van der Waals surface area contributed by atoms with Crippen LogP contribution in [0.2, 0.25) is 0 Å². The van der Waals surface area contributed by atoms with Gasteiger partial charge in [0.1, 0.15) is 17.9 Å². The fraction of sp³-hybridized carbons (Fsp3) is 0.200. The molecule has 0 amide bonds. The van der Waals surface area contributed by atoms with Gasteiger partial charge in [-0.15, -0.1) is 0 Å². The topological polar surface area (TPSA) is 93.3 Å². The molecule has 1 aliphatic rings. The predicted octanol–water partition coefficient (Wildman–Crippen LogP) is 3.68. The van der Waals surface area contributed by atoms with E-state index in [-0.39, 0.29) is 0 Å². The summed E-state index contributed by atoms with van der Waals surface area (Å²) in [5.41, 5.74) is 3.39. The van der Waals surface area contributed by atoms with Crippen LogP contribution in [0, 0.1) is 0 Å². The van der Waals surface area contributed by atoms with Crippen molar-refractivity contribution in [2.75, 3.05) is 38.0 Å². The molecule has 0 atom stereocenters. The minimum Gasteiger partial charge on any atom is -0.493 e. The number of hydrogen-bond acceptors (Lipinski definition) is 7. The lowest BCUT2D eigenvalue weighted by Gasteiger charge is -2.20. The molecule has 3 heterocycles. The first-order chi connectivity index (χ1) is 13.8. The predicted molar refractivity (Wildman–Crippen MR) is 108 cm³/mol. The number of hydrogen-bond donors (Lipinski definition) is 3. The van der Waals surface area contributed by atoms with E-state index in [0.717, 1.165) is 45.5 Å². The van der Waals surface area contributed by atoms with Crippen LogP contribution in [0.25, 0.3) is 21.8 Å². The third kappa shape index (κ3) is 2.61. The van der Waals surface area contributed by atoms with E-state index in [1.165, 1.54) is 0 Å². The summed E-state index contributed by atoms with van der Waals surface area (Å²) in [5, 5.41) is 15.9. The van der Waals surface area contributed by atoms with Crippen LogP contribution in [0.4, 0.5) is 17.2 Å². The average molecular weight is 377 g/mol. The Balaban J connectivity index is 1.63. The zero-order valence-electron chi connectivity index (χ0n) is 15.5. The van der Waals surface area contributed by atoms with Gasteiger partial charge in [0, 0.05) is 35.3 Å². The molecule has 0 saturated carbocycles. The van der Waals surface area contributed by atoms with Gasteiger partial charge in [0.2, 0.25) is 0 Å². The fourth-order valence-corrected chi connectivity index (χ4v) is 3.47. The molecule has 8 nitrogen and oxygen atoms in total. The Morgan fingerprint density at radius 2 is 1.93 bits per heavy atom. The minimum atomic E-state index is 0.631. The van der Waals surface area contributed by atoms with E-state index in [1.54, 1.807) is 14.2 Å². The maximum absolute atomic E-state index is 5.64. The second-order valence-electron chi connectivity index (χ2n) is 6.44. The van der Waals surface area contributed by atoms with Gasteiger partial charge in [-0.3, -0.25) is 5.10 Å². The highest BCUT2D eigenvalue weighted by Crippen LogP contribution is 2.37. The van der Waals surface area contributed by atoms with Crippen molar-refractivity contribution < 1.29 is 14.2 Å². The van der Waals surface area contributed by atoms with Gasteiger partial charge >= 0.3 is 0 Å². The van der Waals surface area contributed by atoms with E-state index < -0.39 is 0 Å². The Labute approximate surface area is 160 Å². The van der Waals surface area contributed by atoms with E-state index in [0.29, 0.717) is 23.9 Å². The van der Waals surface area contributed by atoms with Gasteiger partial charge in [-0.2, -0.15) is 5.10 Å². The third-order valence-electron chi connectivity index (χ3n) is 4.81. The normalized spacial score (nSPS) is 12.9. The first-order valence-electron chi connectivity index (χ1n) is 8.94. The van der Waals surface area contributed by atoms with Gasteiger partial charge in [0.05, 0.1) is 25.4 Å². The maximum atomic E-state index is 5.64. The van der Waals surface area contributed by atoms with Crippen LogP contribution < -0.4 is 24.8 Å². The number of ether oxygens (including phenoxy) is 3. The minimum absolute atomic E-state index is 0.631. The van der Waals surface area contributed by atoms with Gasteiger partial charge < -0.3 is 24.8 Å². The molecule has 5 rings (SSSR count). The van der Waals surface area contributed by atoms with E-state index in [9.17, 15) is 0 Å². The molecule has 3 N–H and O–H groups in total. The first-order valence-corrected chi connectivity index (χ1v) is 8.94. The molecule has 2 aromatic carbocycles. The van der Waals surface area contributed by atoms with Gasteiger partial charge in [-0.1, -0.05) is 0 Å². The van der Waals surface area contributed by atoms with Crippen molar-refractivity contribution in [2.24, 2.45) is 0 Å². The number of H-pyrrole nitrogens is 1. The molecule has 0 unspecified atom stereocenters. The van der Waals surface area contributed by atoms with E-state index in [2.05, 4.69) is 20.8 Å².